The molecule has 1 aromatic carbocycles. The van der Waals surface area contributed by atoms with Gasteiger partial charge in [-0.2, -0.15) is 0 Å². The number of nitrogens with zero attached hydrogens (tertiary/aromatic N) is 1. The molecule has 15 heavy (non-hydrogen) atoms. The van der Waals surface area contributed by atoms with Crippen molar-refractivity contribution in [2.24, 2.45) is 0 Å². The third-order valence-electron chi connectivity index (χ3n) is 3.03. The molecule has 1 aliphatic heterocycles. The number of anilines is 1. The van der Waals surface area contributed by atoms with Gasteiger partial charge in [0.25, 0.3) is 0 Å². The largest absolute Gasteiger partial charge is 0.369 e. The summed E-state index contributed by atoms with van der Waals surface area (Å²) in [6.45, 7) is 4.39. The highest BCUT2D eigenvalue weighted by Gasteiger charge is 2.10. The zero-order chi connectivity index (χ0) is 10.1. The van der Waals surface area contributed by atoms with E-state index in [2.05, 4.69) is 39.6 Å². The zero-order valence-electron chi connectivity index (χ0n) is 8.66. The smallest absolute Gasteiger partial charge is 0.0374 e. The second-order valence-corrected chi connectivity index (χ2v) is 4.01. The molecule has 0 aliphatic carbocycles. The Bertz CT molecular complexity index is 455. The number of hydrogen-bond acceptors (Lipinski definition) is 2. The summed E-state index contributed by atoms with van der Waals surface area (Å²) in [4.78, 5) is 5.57. The number of benzene rings is 1. The second kappa shape index (κ2) is 3.59. The lowest BCUT2D eigenvalue weighted by Crippen LogP contribution is -2.43. The Morgan fingerprint density at radius 1 is 1.00 bits per heavy atom. The highest BCUT2D eigenvalue weighted by Crippen LogP contribution is 2.21. The van der Waals surface area contributed by atoms with Gasteiger partial charge in [-0.3, -0.25) is 0 Å². The van der Waals surface area contributed by atoms with Gasteiger partial charge in [-0.1, -0.05) is 6.07 Å². The Morgan fingerprint density at radius 2 is 1.80 bits per heavy atom. The van der Waals surface area contributed by atoms with Gasteiger partial charge in [0.2, 0.25) is 0 Å². The third kappa shape index (κ3) is 1.59. The molecule has 0 amide bonds. The first-order valence-electron chi connectivity index (χ1n) is 5.46. The maximum atomic E-state index is 3.37. The maximum absolute atomic E-state index is 3.37. The van der Waals surface area contributed by atoms with E-state index in [1.807, 2.05) is 6.20 Å². The molecule has 1 aliphatic rings. The Balaban J connectivity index is 1.95. The fourth-order valence-electron chi connectivity index (χ4n) is 2.16. The van der Waals surface area contributed by atoms with Gasteiger partial charge in [-0.05, 0) is 17.5 Å². The van der Waals surface area contributed by atoms with Gasteiger partial charge in [-0.15, -0.1) is 0 Å². The molecule has 0 unspecified atom stereocenters. The summed E-state index contributed by atoms with van der Waals surface area (Å²) in [5, 5.41) is 5.95. The number of fused-ring (bicyclic) bond motifs is 1. The molecular formula is C12H15N3. The fraction of sp³-hybridized carbons (Fsp3) is 0.333. The molecule has 3 nitrogen and oxygen atoms in total. The van der Waals surface area contributed by atoms with Crippen LogP contribution in [0.25, 0.3) is 10.8 Å². The van der Waals surface area contributed by atoms with Gasteiger partial charge in [0.15, 0.2) is 0 Å². The average molecular weight is 201 g/mol. The lowest BCUT2D eigenvalue weighted by atomic mass is 10.2. The van der Waals surface area contributed by atoms with Crippen LogP contribution < -0.4 is 10.2 Å². The summed E-state index contributed by atoms with van der Waals surface area (Å²) >= 11 is 0. The topological polar surface area (TPSA) is 31.1 Å². The molecule has 0 radical (unpaired) electrons. The van der Waals surface area contributed by atoms with Gasteiger partial charge < -0.3 is 15.2 Å². The summed E-state index contributed by atoms with van der Waals surface area (Å²) in [6.07, 6.45) is 4.10. The van der Waals surface area contributed by atoms with E-state index in [9.17, 15) is 0 Å². The molecule has 1 aromatic heterocycles. The minimum atomic E-state index is 1.09. The van der Waals surface area contributed by atoms with Crippen molar-refractivity contribution < 1.29 is 0 Å². The van der Waals surface area contributed by atoms with Crippen molar-refractivity contribution in [1.29, 1.82) is 0 Å². The molecule has 2 heterocycles. The van der Waals surface area contributed by atoms with Gasteiger partial charge >= 0.3 is 0 Å². The van der Waals surface area contributed by atoms with Crippen molar-refractivity contribution in [3.05, 3.63) is 30.6 Å². The minimum Gasteiger partial charge on any atom is -0.369 e. The van der Waals surface area contributed by atoms with Gasteiger partial charge in [-0.25, -0.2) is 0 Å². The number of aromatic amines is 1. The number of rotatable bonds is 1. The second-order valence-electron chi connectivity index (χ2n) is 4.01. The van der Waals surface area contributed by atoms with Crippen LogP contribution in [-0.2, 0) is 0 Å². The first-order chi connectivity index (χ1) is 7.43. The van der Waals surface area contributed by atoms with Crippen LogP contribution in [-0.4, -0.2) is 31.2 Å². The van der Waals surface area contributed by atoms with Crippen molar-refractivity contribution in [3.8, 4) is 0 Å². The van der Waals surface area contributed by atoms with E-state index in [0.29, 0.717) is 0 Å². The molecule has 3 rings (SSSR count). The fourth-order valence-corrected chi connectivity index (χ4v) is 2.16. The van der Waals surface area contributed by atoms with Crippen LogP contribution in [0.2, 0.25) is 0 Å². The van der Waals surface area contributed by atoms with Gasteiger partial charge in [0.05, 0.1) is 0 Å². The Hall–Kier alpha value is -1.48. The first-order valence-corrected chi connectivity index (χ1v) is 5.46. The first kappa shape index (κ1) is 8.80. The molecule has 3 heteroatoms. The van der Waals surface area contributed by atoms with Crippen LogP contribution in [0, 0.1) is 0 Å². The number of aromatic nitrogens is 1. The number of H-pyrrole nitrogens is 1. The number of hydrogen-bond donors (Lipinski definition) is 2. The van der Waals surface area contributed by atoms with Crippen molar-refractivity contribution in [2.75, 3.05) is 31.1 Å². The lowest BCUT2D eigenvalue weighted by molar-refractivity contribution is 0.589. The molecule has 1 saturated heterocycles. The van der Waals surface area contributed by atoms with E-state index in [-0.39, 0.29) is 0 Å². The number of piperazine rings is 1. The van der Waals surface area contributed by atoms with Crippen LogP contribution in [0.3, 0.4) is 0 Å². The molecule has 2 N–H and O–H groups in total. The van der Waals surface area contributed by atoms with Crippen LogP contribution in [0.15, 0.2) is 30.6 Å². The normalized spacial score (nSPS) is 17.2. The SMILES string of the molecule is c1cc2c[nH]cc2cc1N1CCNCC1. The van der Waals surface area contributed by atoms with Crippen LogP contribution in [0.5, 0.6) is 0 Å². The molecule has 1 fully saturated rings. The lowest BCUT2D eigenvalue weighted by Gasteiger charge is -2.29. The van der Waals surface area contributed by atoms with Crippen LogP contribution >= 0.6 is 0 Å². The van der Waals surface area contributed by atoms with E-state index < -0.39 is 0 Å². The predicted octanol–water partition coefficient (Wildman–Crippen LogP) is 1.58. The summed E-state index contributed by atoms with van der Waals surface area (Å²) in [6, 6.07) is 6.65. The monoisotopic (exact) mass is 201 g/mol. The van der Waals surface area contributed by atoms with E-state index in [1.165, 1.54) is 16.5 Å². The molecular weight excluding hydrogens is 186 g/mol. The van der Waals surface area contributed by atoms with E-state index in [4.69, 9.17) is 0 Å². The maximum Gasteiger partial charge on any atom is 0.0374 e. The molecule has 78 valence electrons. The van der Waals surface area contributed by atoms with Crippen molar-refractivity contribution in [3.63, 3.8) is 0 Å². The molecule has 2 aromatic rings. The predicted molar refractivity (Wildman–Crippen MR) is 63.4 cm³/mol. The van der Waals surface area contributed by atoms with Crippen molar-refractivity contribution in [2.45, 2.75) is 0 Å². The van der Waals surface area contributed by atoms with Gasteiger partial charge in [0, 0.05) is 49.6 Å². The highest BCUT2D eigenvalue weighted by molar-refractivity contribution is 5.85. The number of nitrogens with one attached hydrogen (secondary N) is 2. The van der Waals surface area contributed by atoms with Crippen LogP contribution in [0.1, 0.15) is 0 Å². The Kier molecular flexibility index (Phi) is 2.10. The van der Waals surface area contributed by atoms with E-state index in [1.54, 1.807) is 0 Å². The summed E-state index contributed by atoms with van der Waals surface area (Å²) in [7, 11) is 0. The standard InChI is InChI=1S/C12H15N3/c1-2-12(15-5-3-13-4-6-15)7-11-9-14-8-10(1)11/h1-2,7-9,13-14H,3-6H2. The van der Waals surface area contributed by atoms with Gasteiger partial charge in [0.1, 0.15) is 0 Å². The quantitative estimate of drug-likeness (QED) is 0.734. The Morgan fingerprint density at radius 3 is 2.67 bits per heavy atom. The van der Waals surface area contributed by atoms with Crippen LogP contribution in [0.4, 0.5) is 5.69 Å². The Labute approximate surface area is 89.1 Å². The minimum absolute atomic E-state index is 1.09. The van der Waals surface area contributed by atoms with Crippen molar-refractivity contribution in [1.82, 2.24) is 10.3 Å². The molecule has 0 atom stereocenters. The molecule has 0 spiro atoms. The zero-order valence-corrected chi connectivity index (χ0v) is 8.66. The molecule has 0 saturated carbocycles. The summed E-state index contributed by atoms with van der Waals surface area (Å²) < 4.78 is 0. The highest BCUT2D eigenvalue weighted by atomic mass is 15.2. The summed E-state index contributed by atoms with van der Waals surface area (Å²) in [5.41, 5.74) is 1.34. The van der Waals surface area contributed by atoms with E-state index >= 15 is 0 Å². The molecule has 0 bridgehead atoms. The third-order valence-corrected chi connectivity index (χ3v) is 3.03. The van der Waals surface area contributed by atoms with Crippen molar-refractivity contribution >= 4 is 16.5 Å². The summed E-state index contributed by atoms with van der Waals surface area (Å²) in [5.74, 6) is 0. The van der Waals surface area contributed by atoms with E-state index in [0.717, 1.165) is 26.2 Å². The average Bonchev–Trinajstić information content (AvgIpc) is 2.77.